The molecule has 0 unspecified atom stereocenters. The Hall–Kier alpha value is -3.68. The molecule has 0 fully saturated rings. The predicted octanol–water partition coefficient (Wildman–Crippen LogP) is 4.61. The fraction of sp³-hybridized carbons (Fsp3) is 0.179. The van der Waals surface area contributed by atoms with E-state index in [0.717, 1.165) is 16.3 Å². The van der Waals surface area contributed by atoms with Gasteiger partial charge in [-0.25, -0.2) is 9.79 Å². The van der Waals surface area contributed by atoms with E-state index >= 15 is 0 Å². The number of hydrogen-bond donors (Lipinski definition) is 0. The Labute approximate surface area is 216 Å². The van der Waals surface area contributed by atoms with Crippen molar-refractivity contribution in [3.05, 3.63) is 108 Å². The zero-order valence-corrected chi connectivity index (χ0v) is 21.5. The van der Waals surface area contributed by atoms with Crippen LogP contribution in [0.15, 0.2) is 81.7 Å². The molecule has 0 spiro atoms. The van der Waals surface area contributed by atoms with Gasteiger partial charge in [-0.15, -0.1) is 0 Å². The number of allylic oxidation sites excluding steroid dienone is 1. The van der Waals surface area contributed by atoms with Gasteiger partial charge in [0.15, 0.2) is 4.80 Å². The normalized spacial score (nSPS) is 15.6. The molecule has 1 atom stereocenters. The van der Waals surface area contributed by atoms with E-state index in [4.69, 9.17) is 21.1 Å². The third-order valence-corrected chi connectivity index (χ3v) is 7.47. The summed E-state index contributed by atoms with van der Waals surface area (Å²) in [6.07, 6.45) is 1.83. The number of hydrogen-bond acceptors (Lipinski definition) is 6. The third-order valence-electron chi connectivity index (χ3n) is 6.14. The lowest BCUT2D eigenvalue weighted by atomic mass is 9.96. The maximum absolute atomic E-state index is 13.9. The van der Waals surface area contributed by atoms with Gasteiger partial charge in [-0.05, 0) is 48.4 Å². The number of carbonyl (C=O) groups excluding carboxylic acids is 1. The van der Waals surface area contributed by atoms with Crippen LogP contribution in [-0.4, -0.2) is 24.3 Å². The van der Waals surface area contributed by atoms with Crippen molar-refractivity contribution in [3.8, 4) is 5.75 Å². The van der Waals surface area contributed by atoms with E-state index in [-0.39, 0.29) is 12.2 Å². The minimum Gasteiger partial charge on any atom is -0.496 e. The maximum Gasteiger partial charge on any atom is 0.338 e. The number of rotatable bonds is 5. The van der Waals surface area contributed by atoms with Crippen molar-refractivity contribution in [2.24, 2.45) is 4.99 Å². The number of nitrogens with zero attached hydrogens (tertiary/aromatic N) is 2. The fourth-order valence-electron chi connectivity index (χ4n) is 4.52. The summed E-state index contributed by atoms with van der Waals surface area (Å²) in [5.41, 5.74) is 1.96. The number of aromatic nitrogens is 1. The lowest BCUT2D eigenvalue weighted by Crippen LogP contribution is -2.40. The summed E-state index contributed by atoms with van der Waals surface area (Å²) in [5, 5.41) is 2.45. The van der Waals surface area contributed by atoms with Gasteiger partial charge in [-0.1, -0.05) is 71.5 Å². The quantitative estimate of drug-likeness (QED) is 0.362. The van der Waals surface area contributed by atoms with Crippen molar-refractivity contribution >= 4 is 45.8 Å². The average molecular weight is 519 g/mol. The molecule has 2 heterocycles. The van der Waals surface area contributed by atoms with Gasteiger partial charge in [0.2, 0.25) is 0 Å². The van der Waals surface area contributed by atoms with Gasteiger partial charge in [0.1, 0.15) is 11.8 Å². The number of ether oxygens (including phenoxy) is 2. The number of methoxy groups -OCH3 is 1. The Morgan fingerprint density at radius 3 is 2.64 bits per heavy atom. The number of esters is 1. The topological polar surface area (TPSA) is 69.9 Å². The molecular weight excluding hydrogens is 496 g/mol. The molecule has 0 amide bonds. The first-order valence-electron chi connectivity index (χ1n) is 11.4. The molecule has 0 radical (unpaired) electrons. The molecule has 5 rings (SSSR count). The molecule has 0 aliphatic carbocycles. The molecule has 3 aromatic carbocycles. The van der Waals surface area contributed by atoms with Crippen molar-refractivity contribution in [2.75, 3.05) is 13.7 Å². The Morgan fingerprint density at radius 2 is 1.89 bits per heavy atom. The van der Waals surface area contributed by atoms with E-state index in [0.29, 0.717) is 36.9 Å². The summed E-state index contributed by atoms with van der Waals surface area (Å²) < 4.78 is 13.0. The van der Waals surface area contributed by atoms with Crippen LogP contribution >= 0.6 is 22.9 Å². The lowest BCUT2D eigenvalue weighted by molar-refractivity contribution is -0.139. The van der Waals surface area contributed by atoms with E-state index in [1.54, 1.807) is 27.0 Å². The molecule has 8 heteroatoms. The van der Waals surface area contributed by atoms with Crippen LogP contribution in [0.25, 0.3) is 16.8 Å². The summed E-state index contributed by atoms with van der Waals surface area (Å²) in [4.78, 5) is 32.1. The zero-order chi connectivity index (χ0) is 25.4. The minimum atomic E-state index is -0.759. The first-order valence-corrected chi connectivity index (χ1v) is 12.6. The van der Waals surface area contributed by atoms with Gasteiger partial charge in [0.05, 0.1) is 29.5 Å². The first-order chi connectivity index (χ1) is 17.4. The van der Waals surface area contributed by atoms with Gasteiger partial charge in [-0.2, -0.15) is 0 Å². The molecular formula is C28H23ClN2O4S. The highest BCUT2D eigenvalue weighted by atomic mass is 35.5. The Kier molecular flexibility index (Phi) is 6.51. The van der Waals surface area contributed by atoms with Crippen molar-refractivity contribution in [1.82, 2.24) is 4.57 Å². The van der Waals surface area contributed by atoms with Gasteiger partial charge in [0.25, 0.3) is 5.56 Å². The third kappa shape index (κ3) is 4.04. The fourth-order valence-corrected chi connectivity index (χ4v) is 5.78. The zero-order valence-electron chi connectivity index (χ0n) is 19.9. The number of carbonyl (C=O) groups is 1. The van der Waals surface area contributed by atoms with E-state index in [1.165, 1.54) is 15.9 Å². The Morgan fingerprint density at radius 1 is 1.14 bits per heavy atom. The highest BCUT2D eigenvalue weighted by Crippen LogP contribution is 2.34. The van der Waals surface area contributed by atoms with Gasteiger partial charge in [0, 0.05) is 10.6 Å². The van der Waals surface area contributed by atoms with Crippen molar-refractivity contribution in [2.45, 2.75) is 19.9 Å². The molecule has 4 aromatic rings. The smallest absolute Gasteiger partial charge is 0.338 e. The number of halogens is 1. The SMILES string of the molecule is CCOC(=O)C1=C(C)N=c2sc(=Cc3c(OC)ccc4ccccc34)c(=O)n2[C@@H]1c1ccccc1Cl. The van der Waals surface area contributed by atoms with E-state index in [9.17, 15) is 9.59 Å². The van der Waals surface area contributed by atoms with Crippen LogP contribution in [-0.2, 0) is 9.53 Å². The molecule has 0 saturated heterocycles. The van der Waals surface area contributed by atoms with Crippen molar-refractivity contribution < 1.29 is 14.3 Å². The molecule has 1 aromatic heterocycles. The van der Waals surface area contributed by atoms with Gasteiger partial charge >= 0.3 is 5.97 Å². The average Bonchev–Trinajstić information content (AvgIpc) is 3.18. The minimum absolute atomic E-state index is 0.205. The molecule has 0 bridgehead atoms. The second-order valence-electron chi connectivity index (χ2n) is 8.23. The van der Waals surface area contributed by atoms with Crippen LogP contribution in [0.1, 0.15) is 31.0 Å². The highest BCUT2D eigenvalue weighted by molar-refractivity contribution is 7.07. The Balaban J connectivity index is 1.80. The van der Waals surface area contributed by atoms with Crippen LogP contribution < -0.4 is 19.6 Å². The molecule has 182 valence electrons. The number of thiazole rings is 1. The van der Waals surface area contributed by atoms with Crippen LogP contribution in [0.5, 0.6) is 5.75 Å². The van der Waals surface area contributed by atoms with Crippen LogP contribution in [0, 0.1) is 0 Å². The standard InChI is InChI=1S/C28H23ClN2O4S/c1-4-35-27(33)24-16(2)30-28-31(25(24)19-11-7-8-12-21(19)29)26(32)23(36-28)15-20-18-10-6-5-9-17(18)13-14-22(20)34-3/h5-15,25H,4H2,1-3H3/t25-/m1/s1. The first kappa shape index (κ1) is 24.0. The Bertz CT molecular complexity index is 1720. The highest BCUT2D eigenvalue weighted by Gasteiger charge is 2.34. The van der Waals surface area contributed by atoms with E-state index in [2.05, 4.69) is 4.99 Å². The lowest BCUT2D eigenvalue weighted by Gasteiger charge is -2.25. The summed E-state index contributed by atoms with van der Waals surface area (Å²) >= 11 is 7.83. The second-order valence-corrected chi connectivity index (χ2v) is 9.64. The van der Waals surface area contributed by atoms with Crippen molar-refractivity contribution in [1.29, 1.82) is 0 Å². The van der Waals surface area contributed by atoms with Crippen LogP contribution in [0.3, 0.4) is 0 Å². The van der Waals surface area contributed by atoms with E-state index in [1.807, 2.05) is 60.7 Å². The molecule has 1 aliphatic rings. The molecule has 36 heavy (non-hydrogen) atoms. The molecule has 1 aliphatic heterocycles. The number of benzene rings is 3. The predicted molar refractivity (Wildman–Crippen MR) is 142 cm³/mol. The molecule has 6 nitrogen and oxygen atoms in total. The van der Waals surface area contributed by atoms with Gasteiger partial charge < -0.3 is 9.47 Å². The molecule has 0 saturated carbocycles. The van der Waals surface area contributed by atoms with Crippen LogP contribution in [0.2, 0.25) is 5.02 Å². The van der Waals surface area contributed by atoms with Gasteiger partial charge in [-0.3, -0.25) is 9.36 Å². The molecule has 0 N–H and O–H groups in total. The van der Waals surface area contributed by atoms with Crippen LogP contribution in [0.4, 0.5) is 0 Å². The summed E-state index contributed by atoms with van der Waals surface area (Å²) in [5.74, 6) is 0.138. The largest absolute Gasteiger partial charge is 0.496 e. The van der Waals surface area contributed by atoms with E-state index < -0.39 is 12.0 Å². The number of fused-ring (bicyclic) bond motifs is 2. The second kappa shape index (κ2) is 9.76. The maximum atomic E-state index is 13.9. The summed E-state index contributed by atoms with van der Waals surface area (Å²) in [6, 6.07) is 18.2. The summed E-state index contributed by atoms with van der Waals surface area (Å²) in [7, 11) is 1.61. The summed E-state index contributed by atoms with van der Waals surface area (Å²) in [6.45, 7) is 3.70. The monoisotopic (exact) mass is 518 g/mol. The van der Waals surface area contributed by atoms with Crippen molar-refractivity contribution in [3.63, 3.8) is 0 Å².